The van der Waals surface area contributed by atoms with Gasteiger partial charge in [-0.2, -0.15) is 0 Å². The Morgan fingerprint density at radius 1 is 0.353 bits per heavy atom. The molecule has 0 aromatic heterocycles. The summed E-state index contributed by atoms with van der Waals surface area (Å²) in [5.41, 5.74) is 7.32. The average molecular weight is 956 g/mol. The van der Waals surface area contributed by atoms with E-state index in [1.165, 1.54) is 0 Å². The number of nitrogens with zero attached hydrogens (tertiary/aromatic N) is 5. The molecule has 5 aliphatic heterocycles. The largest absolute Gasteiger partial charge is 0.473 e. The molecular formula is C52H40N5O8P3. The van der Waals surface area contributed by atoms with E-state index in [1.807, 2.05) is 182 Å². The van der Waals surface area contributed by atoms with Crippen molar-refractivity contribution in [3.8, 4) is 68.2 Å². The van der Waals surface area contributed by atoms with Crippen molar-refractivity contribution in [3.05, 3.63) is 205 Å². The molecule has 0 N–H and O–H groups in total. The summed E-state index contributed by atoms with van der Waals surface area (Å²) in [5.74, 6) is 4.67. The van der Waals surface area contributed by atoms with Crippen molar-refractivity contribution in [1.82, 2.24) is 0 Å². The lowest BCUT2D eigenvalue weighted by Crippen LogP contribution is -2.31. The van der Waals surface area contributed by atoms with Gasteiger partial charge < -0.3 is 46.4 Å². The Morgan fingerprint density at radius 2 is 0.691 bits per heavy atom. The molecule has 0 atom stereocenters. The van der Waals surface area contributed by atoms with Gasteiger partial charge in [0.1, 0.15) is 46.0 Å². The molecule has 0 amide bonds. The molecule has 5 heterocycles. The van der Waals surface area contributed by atoms with Crippen molar-refractivity contribution < 1.29 is 36.6 Å². The molecular weight excluding hydrogens is 916 g/mol. The number of hydrogen-bond acceptors (Lipinski definition) is 13. The molecule has 0 saturated carbocycles. The Bertz CT molecular complexity index is 3150. The number of para-hydroxylation sites is 6. The molecule has 13 nitrogen and oxygen atoms in total. The fraction of sp³-hybridized carbons (Fsp3) is 0.0769. The highest BCUT2D eigenvalue weighted by Gasteiger charge is 2.51. The molecule has 8 aromatic rings. The third-order valence-corrected chi connectivity index (χ3v) is 20.0. The van der Waals surface area contributed by atoms with Gasteiger partial charge >= 0.3 is 23.0 Å². The fourth-order valence-electron chi connectivity index (χ4n) is 8.73. The molecule has 13 rings (SSSR count). The molecule has 68 heavy (non-hydrogen) atoms. The van der Waals surface area contributed by atoms with Crippen LogP contribution >= 0.6 is 23.0 Å². The van der Waals surface area contributed by atoms with E-state index >= 15 is 0 Å². The van der Waals surface area contributed by atoms with E-state index in [9.17, 15) is 0 Å². The maximum absolute atomic E-state index is 7.17. The van der Waals surface area contributed by atoms with Crippen LogP contribution in [0, 0.1) is 0 Å². The van der Waals surface area contributed by atoms with Crippen LogP contribution < -0.4 is 46.4 Å². The van der Waals surface area contributed by atoms with Crippen LogP contribution in [-0.2, 0) is 13.1 Å². The average Bonchev–Trinajstić information content (AvgIpc) is 3.59. The number of rotatable bonds is 6. The zero-order valence-electron chi connectivity index (χ0n) is 36.1. The van der Waals surface area contributed by atoms with Gasteiger partial charge in [0.05, 0.1) is 0 Å². The highest BCUT2D eigenvalue weighted by molar-refractivity contribution is 7.79. The van der Waals surface area contributed by atoms with Crippen LogP contribution in [0.4, 0.5) is 11.4 Å². The third kappa shape index (κ3) is 7.49. The molecule has 2 spiro atoms. The van der Waals surface area contributed by atoms with Gasteiger partial charge in [0.25, 0.3) is 0 Å². The zero-order valence-corrected chi connectivity index (χ0v) is 38.8. The molecule has 0 bridgehead atoms. The van der Waals surface area contributed by atoms with Gasteiger partial charge in [-0.25, -0.2) is 0 Å². The van der Waals surface area contributed by atoms with Crippen LogP contribution in [0.15, 0.2) is 208 Å². The summed E-state index contributed by atoms with van der Waals surface area (Å²) in [6.45, 7) is 2.16. The predicted molar refractivity (Wildman–Crippen MR) is 265 cm³/mol. The molecule has 0 saturated heterocycles. The van der Waals surface area contributed by atoms with Crippen molar-refractivity contribution in [2.24, 2.45) is 13.5 Å². The Hall–Kier alpha value is -7.55. The third-order valence-electron chi connectivity index (χ3n) is 11.9. The lowest BCUT2D eigenvalue weighted by molar-refractivity contribution is 0.289. The Balaban J connectivity index is 0.985. The van der Waals surface area contributed by atoms with Crippen LogP contribution in [0.25, 0.3) is 22.3 Å². The summed E-state index contributed by atoms with van der Waals surface area (Å²) in [7, 11) is -12.1. The first-order chi connectivity index (χ1) is 33.5. The summed E-state index contributed by atoms with van der Waals surface area (Å²) in [6, 6.07) is 62.5. The lowest BCUT2D eigenvalue weighted by atomic mass is 10.0. The number of fused-ring (bicyclic) bond motifs is 8. The Kier molecular flexibility index (Phi) is 9.79. The Morgan fingerprint density at radius 3 is 1.09 bits per heavy atom. The Labute approximate surface area is 392 Å². The summed E-state index contributed by atoms with van der Waals surface area (Å²) < 4.78 is 71.1. The second kappa shape index (κ2) is 16.4. The summed E-state index contributed by atoms with van der Waals surface area (Å²) >= 11 is 0. The molecule has 5 aliphatic rings. The van der Waals surface area contributed by atoms with E-state index in [0.29, 0.717) is 61.0 Å². The highest BCUT2D eigenvalue weighted by atomic mass is 31.3. The standard InChI is InChI=1S/C52H40N5O8P3/c1-7-19-47-37(13-1)33-56(35-58-47)39-25-29-41(30-26-39)60-66(61-42-31-27-40(28-32-42)57-34-38-14-2-8-20-48(38)59-36-57)53-67(62-49-21-9-3-15-43(49)44-16-4-10-22-50(44)63-67)55-68(54-66)64-51-23-11-5-17-45(51)46-18-6-12-24-52(46)65-68/h1-32H,33-36H2. The van der Waals surface area contributed by atoms with Gasteiger partial charge in [-0.1, -0.05) is 123 Å². The molecule has 0 fully saturated rings. The highest BCUT2D eigenvalue weighted by Crippen LogP contribution is 2.80. The van der Waals surface area contributed by atoms with Crippen LogP contribution in [0.2, 0.25) is 0 Å². The predicted octanol–water partition coefficient (Wildman–Crippen LogP) is 15.0. The van der Waals surface area contributed by atoms with Crippen molar-refractivity contribution in [3.63, 3.8) is 0 Å². The monoisotopic (exact) mass is 955 g/mol. The number of hydrogen-bond donors (Lipinski definition) is 0. The van der Waals surface area contributed by atoms with E-state index in [1.54, 1.807) is 0 Å². The van der Waals surface area contributed by atoms with Crippen LogP contribution in [-0.4, -0.2) is 13.5 Å². The van der Waals surface area contributed by atoms with E-state index in [2.05, 4.69) is 21.9 Å². The molecule has 336 valence electrons. The first-order valence-electron chi connectivity index (χ1n) is 22.0. The first-order valence-corrected chi connectivity index (χ1v) is 26.6. The van der Waals surface area contributed by atoms with E-state index in [-0.39, 0.29) is 0 Å². The minimum atomic E-state index is -4.09. The van der Waals surface area contributed by atoms with Crippen LogP contribution in [0.3, 0.4) is 0 Å². The molecule has 8 aromatic carbocycles. The summed E-state index contributed by atoms with van der Waals surface area (Å²) in [5, 5.41) is 0. The maximum atomic E-state index is 7.17. The van der Waals surface area contributed by atoms with Crippen molar-refractivity contribution in [2.75, 3.05) is 23.3 Å². The number of ether oxygens (including phenoxy) is 2. The van der Waals surface area contributed by atoms with Crippen molar-refractivity contribution in [2.45, 2.75) is 13.1 Å². The molecule has 16 heteroatoms. The van der Waals surface area contributed by atoms with Gasteiger partial charge in [0.15, 0.2) is 13.5 Å². The lowest BCUT2D eigenvalue weighted by Gasteiger charge is -2.33. The van der Waals surface area contributed by atoms with Gasteiger partial charge in [0.2, 0.25) is 0 Å². The van der Waals surface area contributed by atoms with E-state index in [0.717, 1.165) is 56.3 Å². The smallest absolute Gasteiger partial charge is 0.460 e. The van der Waals surface area contributed by atoms with Crippen LogP contribution in [0.1, 0.15) is 11.1 Å². The zero-order chi connectivity index (χ0) is 45.1. The summed E-state index contributed by atoms with van der Waals surface area (Å²) in [6.07, 6.45) is 0. The van der Waals surface area contributed by atoms with Gasteiger partial charge in [0, 0.05) is 57.8 Å². The van der Waals surface area contributed by atoms with Gasteiger partial charge in [-0.15, -0.1) is 0 Å². The normalized spacial score (nSPS) is 17.1. The molecule has 0 aliphatic carbocycles. The van der Waals surface area contributed by atoms with E-state index in [4.69, 9.17) is 50.2 Å². The maximum Gasteiger partial charge on any atom is 0.460 e. The van der Waals surface area contributed by atoms with E-state index < -0.39 is 23.0 Å². The SMILES string of the molecule is c1ccc2c(c1)CN(c1ccc(OP3(Oc4ccc(N5COc6ccccc6C5)cc4)=NP4(=NP5(=N3)Oc3ccccc3-c3ccccc3O5)Oc3ccccc3-c3ccccc3O4)cc1)CO2. The van der Waals surface area contributed by atoms with Crippen LogP contribution in [0.5, 0.6) is 46.0 Å². The summed E-state index contributed by atoms with van der Waals surface area (Å²) in [4.78, 5) is 4.31. The second-order valence-corrected chi connectivity index (χ2v) is 22.6. The van der Waals surface area contributed by atoms with Crippen molar-refractivity contribution >= 4 is 34.4 Å². The van der Waals surface area contributed by atoms with Crippen molar-refractivity contribution in [1.29, 1.82) is 0 Å². The van der Waals surface area contributed by atoms with Gasteiger partial charge in [-0.05, 0) is 84.9 Å². The van der Waals surface area contributed by atoms with Gasteiger partial charge in [-0.3, -0.25) is 0 Å². The number of anilines is 2. The quantitative estimate of drug-likeness (QED) is 0.149. The second-order valence-electron chi connectivity index (χ2n) is 16.4. The topological polar surface area (TPSA) is 117 Å². The minimum absolute atomic E-state index is 0.394. The minimum Gasteiger partial charge on any atom is -0.473 e. The first kappa shape index (κ1) is 40.7. The fourth-order valence-corrected chi connectivity index (χ4v) is 17.9. The number of benzene rings is 8. The molecule has 0 radical (unpaired) electrons. The molecule has 0 unspecified atom stereocenters.